The Morgan fingerprint density at radius 1 is 1.35 bits per heavy atom. The first kappa shape index (κ1) is 19.2. The zero-order chi connectivity index (χ0) is 18.9. The second-order valence-corrected chi connectivity index (χ2v) is 9.74. The Morgan fingerprint density at radius 2 is 2.04 bits per heavy atom. The molecule has 1 fully saturated rings. The number of aromatic nitrogens is 3. The van der Waals surface area contributed by atoms with Crippen molar-refractivity contribution in [3.05, 3.63) is 46.2 Å². The third-order valence-electron chi connectivity index (χ3n) is 4.77. The van der Waals surface area contributed by atoms with Crippen LogP contribution < -0.4 is 4.90 Å². The molecule has 0 amide bonds. The molecule has 1 aliphatic rings. The van der Waals surface area contributed by atoms with Gasteiger partial charge < -0.3 is 9.47 Å². The van der Waals surface area contributed by atoms with Gasteiger partial charge in [-0.2, -0.15) is 9.78 Å². The van der Waals surface area contributed by atoms with Crippen LogP contribution in [0.25, 0.3) is 0 Å². The van der Waals surface area contributed by atoms with E-state index in [4.69, 9.17) is 12.2 Å². The lowest BCUT2D eigenvalue weighted by Crippen LogP contribution is -3.07. The molecule has 2 atom stereocenters. The first-order chi connectivity index (χ1) is 12.2. The molecule has 3 rings (SSSR count). The number of hydrogen-bond acceptors (Lipinski definition) is 4. The van der Waals surface area contributed by atoms with Crippen molar-refractivity contribution in [1.29, 1.82) is 0 Å². The number of nitrogens with zero attached hydrogens (tertiary/aromatic N) is 3. The van der Waals surface area contributed by atoms with Gasteiger partial charge in [0.15, 0.2) is 16.5 Å². The molecule has 0 saturated carbocycles. The molecule has 1 aliphatic heterocycles. The number of nitrogens with one attached hydrogen (secondary N) is 1. The van der Waals surface area contributed by atoms with Gasteiger partial charge in [-0.25, -0.2) is 12.8 Å². The van der Waals surface area contributed by atoms with Gasteiger partial charge in [0, 0.05) is 19.0 Å². The fourth-order valence-electron chi connectivity index (χ4n) is 3.37. The molecule has 1 N–H and O–H groups in total. The van der Waals surface area contributed by atoms with E-state index in [1.165, 1.54) is 17.0 Å². The first-order valence-electron chi connectivity index (χ1n) is 8.62. The van der Waals surface area contributed by atoms with Crippen LogP contribution in [0.3, 0.4) is 0 Å². The van der Waals surface area contributed by atoms with Gasteiger partial charge >= 0.3 is 0 Å². The van der Waals surface area contributed by atoms with Crippen molar-refractivity contribution in [3.8, 4) is 0 Å². The molecule has 142 valence electrons. The third kappa shape index (κ3) is 4.57. The minimum Gasteiger partial charge on any atom is -0.315 e. The number of rotatable bonds is 6. The van der Waals surface area contributed by atoms with E-state index in [0.717, 1.165) is 17.9 Å². The summed E-state index contributed by atoms with van der Waals surface area (Å²) in [4.78, 5) is 1.17. The summed E-state index contributed by atoms with van der Waals surface area (Å²) < 4.78 is 40.6. The Morgan fingerprint density at radius 3 is 2.65 bits per heavy atom. The summed E-state index contributed by atoms with van der Waals surface area (Å²) in [5, 5.41) is 4.62. The number of halogens is 1. The summed E-state index contributed by atoms with van der Waals surface area (Å²) in [7, 11) is 1.02. The summed E-state index contributed by atoms with van der Waals surface area (Å²) >= 11 is 5.48. The monoisotopic (exact) mass is 399 g/mol. The highest BCUT2D eigenvalue weighted by Gasteiger charge is 2.29. The molecular weight excluding hydrogens is 375 g/mol. The predicted molar refractivity (Wildman–Crippen MR) is 99.5 cm³/mol. The zero-order valence-electron chi connectivity index (χ0n) is 15.0. The number of sulfone groups is 1. The number of hydrogen-bond donors (Lipinski definition) is 1. The third-order valence-corrected chi connectivity index (χ3v) is 7.09. The van der Waals surface area contributed by atoms with E-state index in [1.54, 1.807) is 16.8 Å². The molecule has 0 spiro atoms. The molecule has 0 bridgehead atoms. The van der Waals surface area contributed by atoms with Gasteiger partial charge in [-0.15, -0.1) is 0 Å². The highest BCUT2D eigenvalue weighted by molar-refractivity contribution is 7.91. The van der Waals surface area contributed by atoms with Gasteiger partial charge in [0.1, 0.15) is 18.2 Å². The Hall–Kier alpha value is -1.58. The van der Waals surface area contributed by atoms with E-state index in [1.807, 2.05) is 18.7 Å². The molecule has 2 heterocycles. The molecular formula is C17H24FN4O2S2+. The van der Waals surface area contributed by atoms with Crippen LogP contribution in [-0.4, -0.2) is 41.3 Å². The van der Waals surface area contributed by atoms with Crippen molar-refractivity contribution in [2.45, 2.75) is 26.1 Å². The van der Waals surface area contributed by atoms with Crippen LogP contribution in [0.2, 0.25) is 0 Å². The van der Waals surface area contributed by atoms with Gasteiger partial charge in [-0.05, 0) is 36.7 Å². The Bertz CT molecular complexity index is 935. The van der Waals surface area contributed by atoms with E-state index in [-0.39, 0.29) is 23.2 Å². The van der Waals surface area contributed by atoms with Crippen LogP contribution in [0.15, 0.2) is 24.3 Å². The molecule has 26 heavy (non-hydrogen) atoms. The van der Waals surface area contributed by atoms with Crippen LogP contribution >= 0.6 is 12.2 Å². The summed E-state index contributed by atoms with van der Waals surface area (Å²) in [5.74, 6) is 1.22. The standard InChI is InChI=1S/C17H23FN4O2S2/c1-20(10-13-3-5-15(18)6-4-13)12-22-17(25)21(2)16(19-22)9-14-7-8-26(23,24)11-14/h3-6,14H,7-12H2,1-2H3/p+1/t14-/m0/s1. The Balaban J connectivity index is 1.67. The van der Waals surface area contributed by atoms with Crippen LogP contribution in [0.1, 0.15) is 17.8 Å². The highest BCUT2D eigenvalue weighted by atomic mass is 32.2. The molecule has 1 aromatic carbocycles. The quantitative estimate of drug-likeness (QED) is 0.728. The fourth-order valence-corrected chi connectivity index (χ4v) is 5.44. The summed E-state index contributed by atoms with van der Waals surface area (Å²) in [6, 6.07) is 6.48. The normalized spacial score (nSPS) is 20.3. The second kappa shape index (κ2) is 7.58. The van der Waals surface area contributed by atoms with Crippen LogP contribution in [0.5, 0.6) is 0 Å². The largest absolute Gasteiger partial charge is 0.315 e. The fraction of sp³-hybridized carbons (Fsp3) is 0.529. The molecule has 0 radical (unpaired) electrons. The average Bonchev–Trinajstić information content (AvgIpc) is 3.04. The maximum Gasteiger partial charge on any atom is 0.202 e. The zero-order valence-corrected chi connectivity index (χ0v) is 16.6. The topological polar surface area (TPSA) is 61.3 Å². The molecule has 1 saturated heterocycles. The highest BCUT2D eigenvalue weighted by Crippen LogP contribution is 2.21. The van der Waals surface area contributed by atoms with E-state index >= 15 is 0 Å². The summed E-state index contributed by atoms with van der Waals surface area (Å²) in [6.07, 6.45) is 1.32. The van der Waals surface area contributed by atoms with Crippen molar-refractivity contribution >= 4 is 22.1 Å². The number of quaternary nitrogens is 1. The van der Waals surface area contributed by atoms with Crippen molar-refractivity contribution in [2.75, 3.05) is 18.6 Å². The van der Waals surface area contributed by atoms with E-state index in [0.29, 0.717) is 24.3 Å². The van der Waals surface area contributed by atoms with Crippen molar-refractivity contribution < 1.29 is 17.7 Å². The van der Waals surface area contributed by atoms with Crippen LogP contribution in [-0.2, 0) is 36.5 Å². The van der Waals surface area contributed by atoms with Crippen molar-refractivity contribution in [1.82, 2.24) is 14.3 Å². The lowest BCUT2D eigenvalue weighted by atomic mass is 10.1. The molecule has 0 aliphatic carbocycles. The maximum absolute atomic E-state index is 13.0. The summed E-state index contributed by atoms with van der Waals surface area (Å²) in [6.45, 7) is 1.32. The van der Waals surface area contributed by atoms with Crippen molar-refractivity contribution in [2.24, 2.45) is 13.0 Å². The number of benzene rings is 1. The van der Waals surface area contributed by atoms with Gasteiger partial charge in [0.05, 0.1) is 18.6 Å². The molecule has 6 nitrogen and oxygen atoms in total. The summed E-state index contributed by atoms with van der Waals surface area (Å²) in [5.41, 5.74) is 1.04. The second-order valence-electron chi connectivity index (χ2n) is 7.15. The molecule has 1 unspecified atom stereocenters. The lowest BCUT2D eigenvalue weighted by Gasteiger charge is -2.13. The first-order valence-corrected chi connectivity index (χ1v) is 10.9. The van der Waals surface area contributed by atoms with E-state index in [2.05, 4.69) is 5.10 Å². The Kier molecular flexibility index (Phi) is 5.59. The van der Waals surface area contributed by atoms with E-state index < -0.39 is 9.84 Å². The minimum absolute atomic E-state index is 0.119. The smallest absolute Gasteiger partial charge is 0.202 e. The van der Waals surface area contributed by atoms with Gasteiger partial charge in [0.2, 0.25) is 4.77 Å². The van der Waals surface area contributed by atoms with Crippen molar-refractivity contribution in [3.63, 3.8) is 0 Å². The predicted octanol–water partition coefficient (Wildman–Crippen LogP) is 0.740. The van der Waals surface area contributed by atoms with Gasteiger partial charge in [-0.1, -0.05) is 12.1 Å². The van der Waals surface area contributed by atoms with Crippen LogP contribution in [0.4, 0.5) is 4.39 Å². The maximum atomic E-state index is 13.0. The molecule has 2 aromatic rings. The molecule has 9 heteroatoms. The van der Waals surface area contributed by atoms with Gasteiger partial charge in [0.25, 0.3) is 0 Å². The van der Waals surface area contributed by atoms with Gasteiger partial charge in [-0.3, -0.25) is 0 Å². The Labute approximate surface area is 158 Å². The van der Waals surface area contributed by atoms with Crippen LogP contribution in [0, 0.1) is 16.5 Å². The molecule has 1 aromatic heterocycles. The average molecular weight is 400 g/mol. The SMILES string of the molecule is Cn1c(C[C@@H]2CCS(=O)(=O)C2)nn(C[NH+](C)Cc2ccc(F)cc2)c1=S. The van der Waals surface area contributed by atoms with E-state index in [9.17, 15) is 12.8 Å². The lowest BCUT2D eigenvalue weighted by molar-refractivity contribution is -0.917. The minimum atomic E-state index is -2.89.